The summed E-state index contributed by atoms with van der Waals surface area (Å²) in [6, 6.07) is 6.50. The highest BCUT2D eigenvalue weighted by atomic mass is 32.2. The molecule has 0 aliphatic rings. The Hall–Kier alpha value is -1.97. The molecule has 1 rings (SSSR count). The molecule has 9 heteroatoms. The molecule has 0 heterocycles. The van der Waals surface area contributed by atoms with Gasteiger partial charge in [-0.15, -0.1) is 0 Å². The molecular weight excluding hydrogens is 322 g/mol. The summed E-state index contributed by atoms with van der Waals surface area (Å²) < 4.78 is 29.1. The third kappa shape index (κ3) is 7.22. The van der Waals surface area contributed by atoms with Crippen LogP contribution in [0.5, 0.6) is 0 Å². The van der Waals surface area contributed by atoms with Gasteiger partial charge in [0.15, 0.2) is 0 Å². The van der Waals surface area contributed by atoms with Crippen LogP contribution in [0.15, 0.2) is 24.3 Å². The van der Waals surface area contributed by atoms with Gasteiger partial charge in [0.05, 0.1) is 19.4 Å². The predicted octanol–water partition coefficient (Wildman–Crippen LogP) is 0.492. The van der Waals surface area contributed by atoms with Crippen molar-refractivity contribution < 1.29 is 22.7 Å². The van der Waals surface area contributed by atoms with E-state index in [1.807, 2.05) is 0 Å². The fourth-order valence-corrected chi connectivity index (χ4v) is 2.51. The summed E-state index contributed by atoms with van der Waals surface area (Å²) in [6.07, 6.45) is 1.04. The van der Waals surface area contributed by atoms with Gasteiger partial charge < -0.3 is 15.4 Å². The standard InChI is InChI=1S/C14H21N3O5S/c1-11(18)15-12-4-6-13(7-5-12)16-14(19)10-17(8-9-22-2)23(3,20)21/h4-7H,8-10H2,1-3H3,(H,15,18)(H,16,19). The van der Waals surface area contributed by atoms with Crippen LogP contribution in [0.1, 0.15) is 6.92 Å². The molecule has 2 amide bonds. The van der Waals surface area contributed by atoms with E-state index >= 15 is 0 Å². The first-order valence-electron chi connectivity index (χ1n) is 6.84. The lowest BCUT2D eigenvalue weighted by molar-refractivity contribution is -0.116. The first-order chi connectivity index (χ1) is 10.7. The molecule has 0 bridgehead atoms. The van der Waals surface area contributed by atoms with Gasteiger partial charge in [0.2, 0.25) is 21.8 Å². The van der Waals surface area contributed by atoms with Gasteiger partial charge in [0.25, 0.3) is 0 Å². The topological polar surface area (TPSA) is 105 Å². The van der Waals surface area contributed by atoms with E-state index in [4.69, 9.17) is 4.74 Å². The highest BCUT2D eigenvalue weighted by Crippen LogP contribution is 2.13. The number of nitrogens with one attached hydrogen (secondary N) is 2. The van der Waals surface area contributed by atoms with Crippen LogP contribution in [0.4, 0.5) is 11.4 Å². The fourth-order valence-electron chi connectivity index (χ4n) is 1.76. The number of methoxy groups -OCH3 is 1. The zero-order chi connectivity index (χ0) is 17.5. The molecule has 0 aliphatic carbocycles. The van der Waals surface area contributed by atoms with Crippen molar-refractivity contribution in [3.8, 4) is 0 Å². The van der Waals surface area contributed by atoms with Crippen molar-refractivity contribution in [1.82, 2.24) is 4.31 Å². The summed E-state index contributed by atoms with van der Waals surface area (Å²) in [5.74, 6) is -0.650. The fraction of sp³-hybridized carbons (Fsp3) is 0.429. The normalized spacial score (nSPS) is 11.3. The molecule has 0 atom stereocenters. The summed E-state index contributed by atoms with van der Waals surface area (Å²) in [5, 5.41) is 5.21. The van der Waals surface area contributed by atoms with Crippen LogP contribution >= 0.6 is 0 Å². The van der Waals surface area contributed by atoms with Crippen molar-refractivity contribution in [2.75, 3.05) is 43.7 Å². The van der Waals surface area contributed by atoms with Crippen molar-refractivity contribution in [1.29, 1.82) is 0 Å². The molecular formula is C14H21N3O5S. The lowest BCUT2D eigenvalue weighted by Crippen LogP contribution is -2.39. The number of benzene rings is 1. The Kier molecular flexibility index (Phi) is 7.14. The van der Waals surface area contributed by atoms with Crippen molar-refractivity contribution in [3.63, 3.8) is 0 Å². The van der Waals surface area contributed by atoms with Gasteiger partial charge in [-0.05, 0) is 24.3 Å². The number of carbonyl (C=O) groups excluding carboxylic acids is 2. The van der Waals surface area contributed by atoms with Crippen LogP contribution in [0, 0.1) is 0 Å². The Balaban J connectivity index is 2.65. The zero-order valence-electron chi connectivity index (χ0n) is 13.3. The molecule has 0 aliphatic heterocycles. The quantitative estimate of drug-likeness (QED) is 0.715. The first kappa shape index (κ1) is 19.1. The second-order valence-corrected chi connectivity index (χ2v) is 6.88. The largest absolute Gasteiger partial charge is 0.383 e. The van der Waals surface area contributed by atoms with E-state index in [1.165, 1.54) is 14.0 Å². The summed E-state index contributed by atoms with van der Waals surface area (Å²) in [6.45, 7) is 1.40. The average molecular weight is 343 g/mol. The lowest BCUT2D eigenvalue weighted by Gasteiger charge is -2.19. The van der Waals surface area contributed by atoms with Crippen LogP contribution in [-0.2, 0) is 24.3 Å². The minimum absolute atomic E-state index is 0.101. The van der Waals surface area contributed by atoms with E-state index in [-0.39, 0.29) is 25.6 Å². The Bertz CT molecular complexity index is 643. The monoisotopic (exact) mass is 343 g/mol. The molecule has 0 aromatic heterocycles. The van der Waals surface area contributed by atoms with Gasteiger partial charge in [-0.25, -0.2) is 8.42 Å². The maximum atomic E-state index is 12.0. The number of rotatable bonds is 8. The second-order valence-electron chi connectivity index (χ2n) is 4.90. The molecule has 8 nitrogen and oxygen atoms in total. The number of carbonyl (C=O) groups is 2. The Morgan fingerprint density at radius 2 is 1.65 bits per heavy atom. The Labute approximate surface area is 135 Å². The van der Waals surface area contributed by atoms with Crippen molar-refractivity contribution in [3.05, 3.63) is 24.3 Å². The number of nitrogens with zero attached hydrogens (tertiary/aromatic N) is 1. The van der Waals surface area contributed by atoms with Crippen LogP contribution in [0.25, 0.3) is 0 Å². The van der Waals surface area contributed by atoms with Crippen LogP contribution in [0.3, 0.4) is 0 Å². The van der Waals surface area contributed by atoms with Crippen molar-refractivity contribution in [2.24, 2.45) is 0 Å². The second kappa shape index (κ2) is 8.61. The molecule has 1 aromatic rings. The summed E-state index contributed by atoms with van der Waals surface area (Å²) in [4.78, 5) is 22.9. The summed E-state index contributed by atoms with van der Waals surface area (Å²) in [7, 11) is -2.04. The molecule has 128 valence electrons. The van der Waals surface area contributed by atoms with Crippen molar-refractivity contribution in [2.45, 2.75) is 6.92 Å². The van der Waals surface area contributed by atoms with Crippen LogP contribution in [0.2, 0.25) is 0 Å². The Morgan fingerprint density at radius 1 is 1.13 bits per heavy atom. The van der Waals surface area contributed by atoms with Gasteiger partial charge in [-0.1, -0.05) is 0 Å². The molecule has 0 saturated carbocycles. The number of anilines is 2. The summed E-state index contributed by atoms with van der Waals surface area (Å²) in [5.41, 5.74) is 1.11. The highest BCUT2D eigenvalue weighted by Gasteiger charge is 2.19. The van der Waals surface area contributed by atoms with Gasteiger partial charge in [-0.2, -0.15) is 4.31 Å². The molecule has 1 aromatic carbocycles. The molecule has 0 radical (unpaired) electrons. The van der Waals surface area contributed by atoms with E-state index in [0.29, 0.717) is 11.4 Å². The smallest absolute Gasteiger partial charge is 0.239 e. The molecule has 0 unspecified atom stereocenters. The lowest BCUT2D eigenvalue weighted by atomic mass is 10.2. The van der Waals surface area contributed by atoms with Crippen LogP contribution < -0.4 is 10.6 Å². The minimum atomic E-state index is -3.50. The van der Waals surface area contributed by atoms with E-state index in [9.17, 15) is 18.0 Å². The maximum Gasteiger partial charge on any atom is 0.239 e. The molecule has 0 spiro atoms. The third-order valence-electron chi connectivity index (χ3n) is 2.82. The van der Waals surface area contributed by atoms with E-state index in [2.05, 4.69) is 10.6 Å². The predicted molar refractivity (Wildman–Crippen MR) is 87.7 cm³/mol. The van der Waals surface area contributed by atoms with Gasteiger partial charge in [-0.3, -0.25) is 9.59 Å². The SMILES string of the molecule is COCCN(CC(=O)Nc1ccc(NC(C)=O)cc1)S(C)(=O)=O. The molecule has 0 fully saturated rings. The molecule has 23 heavy (non-hydrogen) atoms. The van der Waals surface area contributed by atoms with E-state index in [0.717, 1.165) is 10.6 Å². The van der Waals surface area contributed by atoms with E-state index in [1.54, 1.807) is 24.3 Å². The number of amides is 2. The zero-order valence-corrected chi connectivity index (χ0v) is 14.1. The van der Waals surface area contributed by atoms with Gasteiger partial charge >= 0.3 is 0 Å². The number of hydrogen-bond acceptors (Lipinski definition) is 5. The molecule has 0 saturated heterocycles. The first-order valence-corrected chi connectivity index (χ1v) is 8.69. The van der Waals surface area contributed by atoms with Crippen molar-refractivity contribution >= 4 is 33.2 Å². The maximum absolute atomic E-state index is 12.0. The van der Waals surface area contributed by atoms with E-state index < -0.39 is 15.9 Å². The van der Waals surface area contributed by atoms with Gasteiger partial charge in [0, 0.05) is 32.0 Å². The highest BCUT2D eigenvalue weighted by molar-refractivity contribution is 7.88. The summed E-state index contributed by atoms with van der Waals surface area (Å²) >= 11 is 0. The minimum Gasteiger partial charge on any atom is -0.383 e. The number of ether oxygens (including phenoxy) is 1. The average Bonchev–Trinajstić information content (AvgIpc) is 2.43. The van der Waals surface area contributed by atoms with Crippen LogP contribution in [-0.4, -0.2) is 57.6 Å². The number of sulfonamides is 1. The third-order valence-corrected chi connectivity index (χ3v) is 4.07. The Morgan fingerprint density at radius 3 is 2.09 bits per heavy atom. The molecule has 2 N–H and O–H groups in total. The van der Waals surface area contributed by atoms with Gasteiger partial charge in [0.1, 0.15) is 0 Å². The number of hydrogen-bond donors (Lipinski definition) is 2.